The molecule has 0 spiro atoms. The summed E-state index contributed by atoms with van der Waals surface area (Å²) in [4.78, 5) is 19.8. The highest BCUT2D eigenvalue weighted by Crippen LogP contribution is 2.26. The molecule has 0 aliphatic rings. The minimum absolute atomic E-state index is 0.316. The molecule has 0 amide bonds. The summed E-state index contributed by atoms with van der Waals surface area (Å²) in [5.74, 6) is 1.68. The molecule has 2 aromatic carbocycles. The van der Waals surface area contributed by atoms with Crippen LogP contribution in [-0.2, 0) is 0 Å². The standard InChI is InChI=1S/C20H14N2O2/c1-13-2-4-14(5-3-13)20-21-11-16-10-15(6-8-18(16)22-20)19-9-7-17(12-23)24-19/h2-12H,1H3. The molecular weight excluding hydrogens is 300 g/mol. The van der Waals surface area contributed by atoms with Crippen molar-refractivity contribution in [2.24, 2.45) is 0 Å². The molecule has 116 valence electrons. The van der Waals surface area contributed by atoms with Gasteiger partial charge in [-0.25, -0.2) is 9.97 Å². The van der Waals surface area contributed by atoms with Gasteiger partial charge < -0.3 is 4.42 Å². The number of aromatic nitrogens is 2. The number of furan rings is 1. The lowest BCUT2D eigenvalue weighted by Crippen LogP contribution is -1.90. The van der Waals surface area contributed by atoms with Crippen LogP contribution in [0.2, 0.25) is 0 Å². The molecule has 0 aliphatic heterocycles. The number of hydrogen-bond donors (Lipinski definition) is 0. The van der Waals surface area contributed by atoms with Gasteiger partial charge in [-0.05, 0) is 37.3 Å². The molecule has 0 radical (unpaired) electrons. The van der Waals surface area contributed by atoms with Gasteiger partial charge in [0.15, 0.2) is 17.9 Å². The van der Waals surface area contributed by atoms with Gasteiger partial charge in [0.1, 0.15) is 5.76 Å². The highest BCUT2D eigenvalue weighted by molar-refractivity contribution is 5.84. The first-order valence-electron chi connectivity index (χ1n) is 7.62. The smallest absolute Gasteiger partial charge is 0.185 e. The van der Waals surface area contributed by atoms with Crippen molar-refractivity contribution in [1.82, 2.24) is 9.97 Å². The third-order valence-corrected chi connectivity index (χ3v) is 3.92. The lowest BCUT2D eigenvalue weighted by atomic mass is 10.1. The molecule has 4 rings (SSSR count). The quantitative estimate of drug-likeness (QED) is 0.515. The average Bonchev–Trinajstić information content (AvgIpc) is 3.11. The Hall–Kier alpha value is -3.27. The number of carbonyl (C=O) groups excluding carboxylic acids is 1. The van der Waals surface area contributed by atoms with Crippen molar-refractivity contribution in [3.63, 3.8) is 0 Å². The van der Waals surface area contributed by atoms with Gasteiger partial charge in [0.2, 0.25) is 0 Å². The molecule has 4 aromatic rings. The van der Waals surface area contributed by atoms with Crippen LogP contribution in [-0.4, -0.2) is 16.3 Å². The maximum Gasteiger partial charge on any atom is 0.185 e. The van der Waals surface area contributed by atoms with Crippen molar-refractivity contribution in [3.8, 4) is 22.7 Å². The fourth-order valence-electron chi connectivity index (χ4n) is 2.60. The van der Waals surface area contributed by atoms with E-state index in [4.69, 9.17) is 4.42 Å². The Bertz CT molecular complexity index is 1030. The van der Waals surface area contributed by atoms with Crippen molar-refractivity contribution in [3.05, 3.63) is 72.1 Å². The first-order chi connectivity index (χ1) is 11.7. The minimum Gasteiger partial charge on any atom is -0.453 e. The Morgan fingerprint density at radius 3 is 2.50 bits per heavy atom. The molecule has 24 heavy (non-hydrogen) atoms. The number of rotatable bonds is 3. The normalized spacial score (nSPS) is 10.9. The van der Waals surface area contributed by atoms with E-state index in [2.05, 4.69) is 16.9 Å². The molecule has 0 N–H and O–H groups in total. The zero-order chi connectivity index (χ0) is 16.5. The fraction of sp³-hybridized carbons (Fsp3) is 0.0500. The number of carbonyl (C=O) groups is 1. The second-order valence-electron chi connectivity index (χ2n) is 5.65. The summed E-state index contributed by atoms with van der Waals surface area (Å²) in [5.41, 5.74) is 3.96. The number of nitrogens with zero attached hydrogens (tertiary/aromatic N) is 2. The summed E-state index contributed by atoms with van der Waals surface area (Å²) < 4.78 is 5.46. The fourth-order valence-corrected chi connectivity index (χ4v) is 2.60. The Morgan fingerprint density at radius 2 is 1.75 bits per heavy atom. The summed E-state index contributed by atoms with van der Waals surface area (Å²) in [7, 11) is 0. The summed E-state index contributed by atoms with van der Waals surface area (Å²) >= 11 is 0. The monoisotopic (exact) mass is 314 g/mol. The van der Waals surface area contributed by atoms with E-state index in [0.29, 0.717) is 23.6 Å². The van der Waals surface area contributed by atoms with Gasteiger partial charge in [-0.2, -0.15) is 0 Å². The van der Waals surface area contributed by atoms with Crippen LogP contribution in [0.25, 0.3) is 33.6 Å². The third-order valence-electron chi connectivity index (χ3n) is 3.92. The van der Waals surface area contributed by atoms with E-state index >= 15 is 0 Å². The van der Waals surface area contributed by atoms with Crippen LogP contribution in [0.3, 0.4) is 0 Å². The Kier molecular flexibility index (Phi) is 3.43. The second kappa shape index (κ2) is 5.74. The van der Waals surface area contributed by atoms with Crippen LogP contribution in [0.1, 0.15) is 16.1 Å². The number of aryl methyl sites for hydroxylation is 1. The second-order valence-corrected chi connectivity index (χ2v) is 5.65. The first-order valence-corrected chi connectivity index (χ1v) is 7.62. The Labute approximate surface area is 138 Å². The zero-order valence-electron chi connectivity index (χ0n) is 13.1. The van der Waals surface area contributed by atoms with Crippen LogP contribution < -0.4 is 0 Å². The van der Waals surface area contributed by atoms with Crippen LogP contribution in [0.15, 0.2) is 65.2 Å². The summed E-state index contributed by atoms with van der Waals surface area (Å²) in [6.45, 7) is 2.05. The lowest BCUT2D eigenvalue weighted by Gasteiger charge is -2.04. The molecule has 2 aromatic heterocycles. The summed E-state index contributed by atoms with van der Waals surface area (Å²) in [5, 5.41) is 0.924. The van der Waals surface area contributed by atoms with Crippen LogP contribution >= 0.6 is 0 Å². The molecule has 4 heteroatoms. The molecule has 0 aliphatic carbocycles. The molecule has 0 unspecified atom stereocenters. The highest BCUT2D eigenvalue weighted by atomic mass is 16.3. The van der Waals surface area contributed by atoms with Crippen molar-refractivity contribution in [2.75, 3.05) is 0 Å². The van der Waals surface area contributed by atoms with E-state index in [1.165, 1.54) is 5.56 Å². The molecule has 0 fully saturated rings. The SMILES string of the molecule is Cc1ccc(-c2ncc3cc(-c4ccc(C=O)o4)ccc3n2)cc1. The van der Waals surface area contributed by atoms with Gasteiger partial charge in [-0.15, -0.1) is 0 Å². The Balaban J connectivity index is 1.75. The molecule has 0 atom stereocenters. The van der Waals surface area contributed by atoms with Crippen molar-refractivity contribution in [2.45, 2.75) is 6.92 Å². The van der Waals surface area contributed by atoms with E-state index in [0.717, 1.165) is 22.0 Å². The van der Waals surface area contributed by atoms with Crippen LogP contribution in [0.5, 0.6) is 0 Å². The maximum absolute atomic E-state index is 10.7. The van der Waals surface area contributed by atoms with Crippen LogP contribution in [0.4, 0.5) is 0 Å². The van der Waals surface area contributed by atoms with E-state index in [1.54, 1.807) is 12.1 Å². The number of fused-ring (bicyclic) bond motifs is 1. The molecular formula is C20H14N2O2. The predicted molar refractivity (Wildman–Crippen MR) is 92.8 cm³/mol. The largest absolute Gasteiger partial charge is 0.453 e. The van der Waals surface area contributed by atoms with Crippen molar-refractivity contribution < 1.29 is 9.21 Å². The minimum atomic E-state index is 0.316. The zero-order valence-corrected chi connectivity index (χ0v) is 13.1. The molecule has 4 nitrogen and oxygen atoms in total. The number of hydrogen-bond acceptors (Lipinski definition) is 4. The van der Waals surface area contributed by atoms with E-state index in [1.807, 2.05) is 48.7 Å². The van der Waals surface area contributed by atoms with Crippen molar-refractivity contribution >= 4 is 17.2 Å². The average molecular weight is 314 g/mol. The van der Waals surface area contributed by atoms with E-state index < -0.39 is 0 Å². The van der Waals surface area contributed by atoms with Gasteiger partial charge in [0, 0.05) is 22.7 Å². The predicted octanol–water partition coefficient (Wildman–Crippen LogP) is 4.68. The molecule has 0 saturated heterocycles. The van der Waals surface area contributed by atoms with Gasteiger partial charge in [0.05, 0.1) is 5.52 Å². The van der Waals surface area contributed by atoms with E-state index in [-0.39, 0.29) is 0 Å². The first kappa shape index (κ1) is 14.3. The Morgan fingerprint density at radius 1 is 0.958 bits per heavy atom. The maximum atomic E-state index is 10.7. The number of benzene rings is 2. The van der Waals surface area contributed by atoms with E-state index in [9.17, 15) is 4.79 Å². The third kappa shape index (κ3) is 2.58. The van der Waals surface area contributed by atoms with Gasteiger partial charge in [-0.3, -0.25) is 4.79 Å². The number of aldehydes is 1. The highest BCUT2D eigenvalue weighted by Gasteiger charge is 2.07. The van der Waals surface area contributed by atoms with Crippen LogP contribution in [0, 0.1) is 6.92 Å². The lowest BCUT2D eigenvalue weighted by molar-refractivity contribution is 0.110. The van der Waals surface area contributed by atoms with Crippen molar-refractivity contribution in [1.29, 1.82) is 0 Å². The van der Waals surface area contributed by atoms with Gasteiger partial charge >= 0.3 is 0 Å². The summed E-state index contributed by atoms with van der Waals surface area (Å²) in [6.07, 6.45) is 2.51. The molecule has 2 heterocycles. The summed E-state index contributed by atoms with van der Waals surface area (Å²) in [6, 6.07) is 17.4. The topological polar surface area (TPSA) is 56.0 Å². The molecule has 0 bridgehead atoms. The van der Waals surface area contributed by atoms with Gasteiger partial charge in [-0.1, -0.05) is 29.8 Å². The van der Waals surface area contributed by atoms with Gasteiger partial charge in [0.25, 0.3) is 0 Å². The molecule has 0 saturated carbocycles.